The number of carbonyl (C=O) groups is 1. The molecule has 3 rings (SSSR count). The molecule has 1 saturated heterocycles. The number of rotatable bonds is 7. The van der Waals surface area contributed by atoms with Gasteiger partial charge in [-0.3, -0.25) is 4.79 Å². The molecule has 0 aliphatic carbocycles. The molecule has 150 valence electrons. The minimum absolute atomic E-state index is 0.138. The summed E-state index contributed by atoms with van der Waals surface area (Å²) < 4.78 is 26.8. The Morgan fingerprint density at radius 3 is 2.36 bits per heavy atom. The number of hydrogen-bond donors (Lipinski definition) is 2. The number of pyridine rings is 1. The number of anilines is 1. The van der Waals surface area contributed by atoms with Gasteiger partial charge in [-0.2, -0.15) is 0 Å². The molecule has 0 atom stereocenters. The van der Waals surface area contributed by atoms with E-state index >= 15 is 0 Å². The van der Waals surface area contributed by atoms with Gasteiger partial charge in [-0.15, -0.1) is 0 Å². The smallest absolute Gasteiger partial charge is 0.251 e. The lowest BCUT2D eigenvalue weighted by atomic mass is 10.2. The molecule has 0 radical (unpaired) electrons. The lowest BCUT2D eigenvalue weighted by Crippen LogP contribution is -2.30. The monoisotopic (exact) mass is 402 g/mol. The van der Waals surface area contributed by atoms with Crippen LogP contribution in [-0.4, -0.2) is 38.4 Å². The van der Waals surface area contributed by atoms with E-state index in [1.807, 2.05) is 12.1 Å². The minimum atomic E-state index is -3.56. The van der Waals surface area contributed by atoms with Gasteiger partial charge in [0.1, 0.15) is 5.82 Å². The van der Waals surface area contributed by atoms with Crippen LogP contribution in [0, 0.1) is 0 Å². The highest BCUT2D eigenvalue weighted by molar-refractivity contribution is 7.89. The van der Waals surface area contributed by atoms with Crippen LogP contribution in [0.1, 0.15) is 42.6 Å². The Bertz CT molecular complexity index is 903. The predicted octanol–water partition coefficient (Wildman–Crippen LogP) is 2.30. The molecule has 0 spiro atoms. The third-order valence-corrected chi connectivity index (χ3v) is 6.18. The average Bonchev–Trinajstić information content (AvgIpc) is 3.20. The van der Waals surface area contributed by atoms with Crippen molar-refractivity contribution >= 4 is 21.7 Å². The summed E-state index contributed by atoms with van der Waals surface area (Å²) in [5.41, 5.74) is 1.32. The second-order valence-electron chi connectivity index (χ2n) is 7.20. The Kier molecular flexibility index (Phi) is 6.31. The van der Waals surface area contributed by atoms with E-state index in [0.29, 0.717) is 12.1 Å². The highest BCUT2D eigenvalue weighted by atomic mass is 32.2. The molecule has 2 aromatic rings. The zero-order valence-corrected chi connectivity index (χ0v) is 17.0. The Labute approximate surface area is 166 Å². The maximum atomic E-state index is 12.3. The van der Waals surface area contributed by atoms with Crippen LogP contribution >= 0.6 is 0 Å². The first-order chi connectivity index (χ1) is 13.3. The Balaban J connectivity index is 1.57. The number of amides is 1. The number of benzene rings is 1. The van der Waals surface area contributed by atoms with Crippen molar-refractivity contribution in [2.45, 2.75) is 44.2 Å². The van der Waals surface area contributed by atoms with Crippen molar-refractivity contribution < 1.29 is 13.2 Å². The second-order valence-corrected chi connectivity index (χ2v) is 8.92. The van der Waals surface area contributed by atoms with Crippen LogP contribution in [0.5, 0.6) is 0 Å². The van der Waals surface area contributed by atoms with Gasteiger partial charge in [0.15, 0.2) is 0 Å². The van der Waals surface area contributed by atoms with Gasteiger partial charge in [-0.05, 0) is 62.6 Å². The lowest BCUT2D eigenvalue weighted by molar-refractivity contribution is 0.0951. The summed E-state index contributed by atoms with van der Waals surface area (Å²) in [6.07, 6.45) is 4.18. The third kappa shape index (κ3) is 5.08. The van der Waals surface area contributed by atoms with E-state index in [0.717, 1.165) is 24.5 Å². The highest BCUT2D eigenvalue weighted by Crippen LogP contribution is 2.17. The van der Waals surface area contributed by atoms with E-state index in [-0.39, 0.29) is 16.8 Å². The third-order valence-electron chi connectivity index (χ3n) is 4.51. The molecule has 1 amide bonds. The quantitative estimate of drug-likeness (QED) is 0.742. The van der Waals surface area contributed by atoms with Crippen LogP contribution in [0.2, 0.25) is 0 Å². The molecular formula is C20H26N4O3S. The summed E-state index contributed by atoms with van der Waals surface area (Å²) >= 11 is 0. The maximum Gasteiger partial charge on any atom is 0.251 e. The van der Waals surface area contributed by atoms with Crippen molar-refractivity contribution in [3.8, 4) is 0 Å². The van der Waals surface area contributed by atoms with Gasteiger partial charge in [0.25, 0.3) is 5.91 Å². The molecular weight excluding hydrogens is 376 g/mol. The van der Waals surface area contributed by atoms with Crippen LogP contribution < -0.4 is 14.9 Å². The maximum absolute atomic E-state index is 12.3. The van der Waals surface area contributed by atoms with Gasteiger partial charge in [0, 0.05) is 37.4 Å². The van der Waals surface area contributed by atoms with Crippen molar-refractivity contribution in [1.29, 1.82) is 0 Å². The van der Waals surface area contributed by atoms with E-state index in [1.165, 1.54) is 37.1 Å². The van der Waals surface area contributed by atoms with Crippen molar-refractivity contribution in [1.82, 2.24) is 15.0 Å². The second kappa shape index (κ2) is 8.70. The van der Waals surface area contributed by atoms with Crippen LogP contribution in [0.4, 0.5) is 5.82 Å². The standard InChI is InChI=1S/C20H26N4O3S/c1-15(2)23-28(26,27)18-8-6-17(7-9-18)20(25)22-14-16-5-10-19(21-13-16)24-11-3-4-12-24/h5-10,13,15,23H,3-4,11-12,14H2,1-2H3,(H,22,25). The molecule has 0 bridgehead atoms. The fourth-order valence-electron chi connectivity index (χ4n) is 3.10. The first kappa shape index (κ1) is 20.3. The van der Waals surface area contributed by atoms with Gasteiger partial charge in [0.05, 0.1) is 4.90 Å². The number of nitrogens with one attached hydrogen (secondary N) is 2. The van der Waals surface area contributed by atoms with E-state index in [4.69, 9.17) is 0 Å². The molecule has 0 unspecified atom stereocenters. The van der Waals surface area contributed by atoms with Gasteiger partial charge in [-0.1, -0.05) is 6.07 Å². The normalized spacial score (nSPS) is 14.5. The first-order valence-electron chi connectivity index (χ1n) is 9.45. The van der Waals surface area contributed by atoms with Crippen molar-refractivity contribution in [3.05, 3.63) is 53.7 Å². The van der Waals surface area contributed by atoms with Gasteiger partial charge >= 0.3 is 0 Å². The zero-order valence-electron chi connectivity index (χ0n) is 16.2. The van der Waals surface area contributed by atoms with E-state index in [1.54, 1.807) is 20.0 Å². The molecule has 8 heteroatoms. The van der Waals surface area contributed by atoms with Crippen LogP contribution in [0.15, 0.2) is 47.5 Å². The Morgan fingerprint density at radius 2 is 1.79 bits per heavy atom. The number of sulfonamides is 1. The molecule has 7 nitrogen and oxygen atoms in total. The molecule has 1 aromatic heterocycles. The highest BCUT2D eigenvalue weighted by Gasteiger charge is 2.16. The SMILES string of the molecule is CC(C)NS(=O)(=O)c1ccc(C(=O)NCc2ccc(N3CCCC3)nc2)cc1. The number of hydrogen-bond acceptors (Lipinski definition) is 5. The van der Waals surface area contributed by atoms with Crippen LogP contribution in [-0.2, 0) is 16.6 Å². The van der Waals surface area contributed by atoms with Crippen molar-refractivity contribution in [3.63, 3.8) is 0 Å². The van der Waals surface area contributed by atoms with E-state index in [2.05, 4.69) is 19.9 Å². The van der Waals surface area contributed by atoms with Gasteiger partial charge in [0.2, 0.25) is 10.0 Å². The number of carbonyl (C=O) groups excluding carboxylic acids is 1. The molecule has 1 aliphatic heterocycles. The van der Waals surface area contributed by atoms with Crippen LogP contribution in [0.25, 0.3) is 0 Å². The average molecular weight is 403 g/mol. The molecule has 28 heavy (non-hydrogen) atoms. The van der Waals surface area contributed by atoms with Crippen molar-refractivity contribution in [2.75, 3.05) is 18.0 Å². The summed E-state index contributed by atoms with van der Waals surface area (Å²) in [6, 6.07) is 9.65. The molecule has 1 aromatic carbocycles. The van der Waals surface area contributed by atoms with E-state index < -0.39 is 10.0 Å². The molecule has 1 aliphatic rings. The predicted molar refractivity (Wildman–Crippen MR) is 109 cm³/mol. The van der Waals surface area contributed by atoms with Crippen molar-refractivity contribution in [2.24, 2.45) is 0 Å². The summed E-state index contributed by atoms with van der Waals surface area (Å²) in [4.78, 5) is 19.2. The number of nitrogens with zero attached hydrogens (tertiary/aromatic N) is 2. The number of aromatic nitrogens is 1. The molecule has 1 fully saturated rings. The summed E-state index contributed by atoms with van der Waals surface area (Å²) in [7, 11) is -3.56. The summed E-state index contributed by atoms with van der Waals surface area (Å²) in [5, 5.41) is 2.84. The lowest BCUT2D eigenvalue weighted by Gasteiger charge is -2.16. The zero-order chi connectivity index (χ0) is 20.1. The molecule has 0 saturated carbocycles. The van der Waals surface area contributed by atoms with Crippen LogP contribution in [0.3, 0.4) is 0 Å². The molecule has 2 N–H and O–H groups in total. The fourth-order valence-corrected chi connectivity index (χ4v) is 4.35. The largest absolute Gasteiger partial charge is 0.357 e. The Morgan fingerprint density at radius 1 is 1.11 bits per heavy atom. The van der Waals surface area contributed by atoms with Gasteiger partial charge in [-0.25, -0.2) is 18.1 Å². The summed E-state index contributed by atoms with van der Waals surface area (Å²) in [6.45, 7) is 5.96. The first-order valence-corrected chi connectivity index (χ1v) is 10.9. The summed E-state index contributed by atoms with van der Waals surface area (Å²) in [5.74, 6) is 0.712. The molecule has 2 heterocycles. The minimum Gasteiger partial charge on any atom is -0.357 e. The van der Waals surface area contributed by atoms with E-state index in [9.17, 15) is 13.2 Å². The fraction of sp³-hybridized carbons (Fsp3) is 0.400. The Hall–Kier alpha value is -2.45. The van der Waals surface area contributed by atoms with Gasteiger partial charge < -0.3 is 10.2 Å². The topological polar surface area (TPSA) is 91.4 Å².